The summed E-state index contributed by atoms with van der Waals surface area (Å²) in [5.74, 6) is 0. The Hall–Kier alpha value is -0.160. The van der Waals surface area contributed by atoms with Crippen LogP contribution in [0.15, 0.2) is 0 Å². The molecule has 0 saturated carbocycles. The van der Waals surface area contributed by atoms with Crippen LogP contribution in [0.2, 0.25) is 0 Å². The van der Waals surface area contributed by atoms with Crippen molar-refractivity contribution in [2.45, 2.75) is 12.6 Å². The smallest absolute Gasteiger partial charge is 0.125 e. The Labute approximate surface area is 54.2 Å². The Balaban J connectivity index is 2.41. The van der Waals surface area contributed by atoms with Crippen LogP contribution in [-0.4, -0.2) is 30.5 Å². The van der Waals surface area contributed by atoms with Crippen molar-refractivity contribution in [2.75, 3.05) is 19.7 Å². The minimum Gasteiger partial charge on any atom is -0.785 e. The number of hydrogen-bond donors (Lipinski definition) is 1. The van der Waals surface area contributed by atoms with Crippen LogP contribution in [0.25, 0.3) is 0 Å². The van der Waals surface area contributed by atoms with Gasteiger partial charge in [-0.25, -0.2) is 0 Å². The average Bonchev–Trinajstić information content (AvgIpc) is 1.60. The molecule has 1 rings (SSSR count). The fraction of sp³-hybridized carbons (Fsp3) is 1.00. The van der Waals surface area contributed by atoms with E-state index in [1.165, 1.54) is 0 Å². The number of ether oxygens (including phenoxy) is 1. The Kier molecular flexibility index (Phi) is 1.72. The highest BCUT2D eigenvalue weighted by Gasteiger charge is 2.22. The van der Waals surface area contributed by atoms with Gasteiger partial charge in [-0.05, 0) is 6.92 Å². The van der Waals surface area contributed by atoms with Crippen molar-refractivity contribution in [3.05, 3.63) is 5.21 Å². The summed E-state index contributed by atoms with van der Waals surface area (Å²) in [4.78, 5) is 0. The molecular weight excluding hydrogens is 120 g/mol. The predicted octanol–water partition coefficient (Wildman–Crippen LogP) is -0.509. The molecule has 0 amide bonds. The number of nitrogens with two attached hydrogens (primary N) is 1. The molecule has 54 valence electrons. The molecule has 1 heterocycles. The van der Waals surface area contributed by atoms with Gasteiger partial charge in [0.15, 0.2) is 0 Å². The third-order valence-corrected chi connectivity index (χ3v) is 1.26. The lowest BCUT2D eigenvalue weighted by Gasteiger charge is -2.41. The Morgan fingerprint density at radius 1 is 1.78 bits per heavy atom. The third-order valence-electron chi connectivity index (χ3n) is 1.26. The molecule has 4 nitrogen and oxygen atoms in total. The molecule has 1 atom stereocenters. The first-order chi connectivity index (χ1) is 4.10. The standard InChI is InChI=1S/C5H11N2O2/c1-5(6)4-7(8)2-3-9-5/h2-4,6H2,1H3/q-1. The Bertz CT molecular complexity index is 105. The SMILES string of the molecule is CC1(N)CN([O-])CCO1. The van der Waals surface area contributed by atoms with E-state index >= 15 is 0 Å². The summed E-state index contributed by atoms with van der Waals surface area (Å²) in [5, 5.41) is 11.6. The van der Waals surface area contributed by atoms with Crippen LogP contribution >= 0.6 is 0 Å². The van der Waals surface area contributed by atoms with Gasteiger partial charge < -0.3 is 20.7 Å². The van der Waals surface area contributed by atoms with E-state index in [2.05, 4.69) is 0 Å². The van der Waals surface area contributed by atoms with E-state index in [0.29, 0.717) is 13.2 Å². The van der Waals surface area contributed by atoms with E-state index in [9.17, 15) is 5.21 Å². The summed E-state index contributed by atoms with van der Waals surface area (Å²) in [6.45, 7) is 2.85. The largest absolute Gasteiger partial charge is 0.785 e. The van der Waals surface area contributed by atoms with Gasteiger partial charge >= 0.3 is 0 Å². The van der Waals surface area contributed by atoms with Crippen LogP contribution in [0.4, 0.5) is 0 Å². The van der Waals surface area contributed by atoms with Crippen molar-refractivity contribution < 1.29 is 4.74 Å². The van der Waals surface area contributed by atoms with Crippen LogP contribution in [0.3, 0.4) is 0 Å². The molecule has 0 spiro atoms. The molecular formula is C5H11N2O2-. The summed E-state index contributed by atoms with van der Waals surface area (Å²) >= 11 is 0. The second-order valence-corrected chi connectivity index (χ2v) is 2.52. The number of nitrogens with zero attached hydrogens (tertiary/aromatic N) is 1. The van der Waals surface area contributed by atoms with Crippen LogP contribution < -0.4 is 5.73 Å². The molecule has 4 heteroatoms. The van der Waals surface area contributed by atoms with Crippen LogP contribution in [0, 0.1) is 5.21 Å². The van der Waals surface area contributed by atoms with Gasteiger partial charge in [-0.15, -0.1) is 0 Å². The van der Waals surface area contributed by atoms with E-state index in [1.54, 1.807) is 6.92 Å². The molecule has 1 aliphatic heterocycles. The zero-order chi connectivity index (χ0) is 6.91. The molecule has 0 bridgehead atoms. The predicted molar refractivity (Wildman–Crippen MR) is 33.5 cm³/mol. The van der Waals surface area contributed by atoms with Gasteiger partial charge in [0.1, 0.15) is 5.72 Å². The van der Waals surface area contributed by atoms with Crippen molar-refractivity contribution in [3.8, 4) is 0 Å². The Morgan fingerprint density at radius 2 is 2.44 bits per heavy atom. The first-order valence-electron chi connectivity index (χ1n) is 2.95. The van der Waals surface area contributed by atoms with Gasteiger partial charge in [0, 0.05) is 13.1 Å². The topological polar surface area (TPSA) is 61.5 Å². The maximum absolute atomic E-state index is 10.6. The molecule has 0 radical (unpaired) electrons. The normalized spacial score (nSPS) is 39.0. The molecule has 1 fully saturated rings. The molecule has 1 unspecified atom stereocenters. The quantitative estimate of drug-likeness (QED) is 0.481. The first-order valence-corrected chi connectivity index (χ1v) is 2.95. The summed E-state index contributed by atoms with van der Waals surface area (Å²) < 4.78 is 5.07. The van der Waals surface area contributed by atoms with Crippen molar-refractivity contribution in [1.82, 2.24) is 5.06 Å². The summed E-state index contributed by atoms with van der Waals surface area (Å²) in [7, 11) is 0. The molecule has 0 aliphatic carbocycles. The van der Waals surface area contributed by atoms with Gasteiger partial charge in [-0.3, -0.25) is 0 Å². The van der Waals surface area contributed by atoms with E-state index in [1.807, 2.05) is 0 Å². The second-order valence-electron chi connectivity index (χ2n) is 2.52. The minimum atomic E-state index is -0.736. The first kappa shape index (κ1) is 6.95. The summed E-state index contributed by atoms with van der Waals surface area (Å²) in [5.41, 5.74) is 4.77. The minimum absolute atomic E-state index is 0.271. The van der Waals surface area contributed by atoms with Gasteiger partial charge in [-0.2, -0.15) is 0 Å². The highest BCUT2D eigenvalue weighted by molar-refractivity contribution is 4.77. The number of morpholine rings is 1. The summed E-state index contributed by atoms with van der Waals surface area (Å²) in [6, 6.07) is 0. The molecule has 1 saturated heterocycles. The van der Waals surface area contributed by atoms with Crippen molar-refractivity contribution in [1.29, 1.82) is 0 Å². The summed E-state index contributed by atoms with van der Waals surface area (Å²) in [6.07, 6.45) is 0. The van der Waals surface area contributed by atoms with E-state index < -0.39 is 5.72 Å². The fourth-order valence-corrected chi connectivity index (χ4v) is 0.855. The Morgan fingerprint density at radius 3 is 2.78 bits per heavy atom. The molecule has 2 N–H and O–H groups in total. The lowest BCUT2D eigenvalue weighted by Crippen LogP contribution is -2.53. The monoisotopic (exact) mass is 131 g/mol. The second kappa shape index (κ2) is 2.22. The van der Waals surface area contributed by atoms with Gasteiger partial charge in [0.2, 0.25) is 0 Å². The maximum Gasteiger partial charge on any atom is 0.125 e. The van der Waals surface area contributed by atoms with Crippen LogP contribution in [0.1, 0.15) is 6.92 Å². The van der Waals surface area contributed by atoms with Crippen molar-refractivity contribution >= 4 is 0 Å². The molecule has 0 aromatic heterocycles. The van der Waals surface area contributed by atoms with Gasteiger partial charge in [0.25, 0.3) is 0 Å². The highest BCUT2D eigenvalue weighted by Crippen LogP contribution is 2.08. The zero-order valence-corrected chi connectivity index (χ0v) is 5.46. The maximum atomic E-state index is 10.6. The van der Waals surface area contributed by atoms with E-state index in [4.69, 9.17) is 10.5 Å². The van der Waals surface area contributed by atoms with E-state index in [-0.39, 0.29) is 6.54 Å². The highest BCUT2D eigenvalue weighted by atomic mass is 16.6. The average molecular weight is 131 g/mol. The van der Waals surface area contributed by atoms with E-state index in [0.717, 1.165) is 5.06 Å². The fourth-order valence-electron chi connectivity index (χ4n) is 0.855. The zero-order valence-electron chi connectivity index (χ0n) is 5.46. The number of hydrogen-bond acceptors (Lipinski definition) is 4. The van der Waals surface area contributed by atoms with Crippen LogP contribution in [0.5, 0.6) is 0 Å². The van der Waals surface area contributed by atoms with Crippen molar-refractivity contribution in [3.63, 3.8) is 0 Å². The molecule has 1 aliphatic rings. The molecule has 0 aromatic carbocycles. The lowest BCUT2D eigenvalue weighted by molar-refractivity contribution is -0.0815. The van der Waals surface area contributed by atoms with Gasteiger partial charge in [-0.1, -0.05) is 0 Å². The number of rotatable bonds is 0. The molecule has 9 heavy (non-hydrogen) atoms. The van der Waals surface area contributed by atoms with Crippen LogP contribution in [-0.2, 0) is 4.74 Å². The third kappa shape index (κ3) is 1.91. The lowest BCUT2D eigenvalue weighted by atomic mass is 10.2. The van der Waals surface area contributed by atoms with Gasteiger partial charge in [0.05, 0.1) is 6.61 Å². The van der Waals surface area contributed by atoms with Crippen molar-refractivity contribution in [2.24, 2.45) is 5.73 Å². The molecule has 0 aromatic rings. The number of hydroxylamine groups is 2.